The Balaban J connectivity index is 1.98. The molecule has 26 heavy (non-hydrogen) atoms. The van der Waals surface area contributed by atoms with Crippen LogP contribution in [-0.4, -0.2) is 14.7 Å². The van der Waals surface area contributed by atoms with E-state index in [4.69, 9.17) is 10.7 Å². The maximum atomic E-state index is 11.3. The maximum absolute atomic E-state index is 11.3. The molecule has 0 aliphatic rings. The number of nitrogens with zero attached hydrogens (tertiary/aromatic N) is 2. The smallest absolute Gasteiger partial charge is 0.137 e. The van der Waals surface area contributed by atoms with Crippen molar-refractivity contribution in [1.82, 2.24) is 9.55 Å². The van der Waals surface area contributed by atoms with Gasteiger partial charge in [0.05, 0.1) is 11.0 Å². The van der Waals surface area contributed by atoms with Crippen molar-refractivity contribution in [2.45, 2.75) is 11.6 Å². The minimum Gasteiger partial charge on any atom is -0.386 e. The number of nitrogens with two attached hydrogens (primary N) is 1. The van der Waals surface area contributed by atoms with Gasteiger partial charge in [-0.25, -0.2) is 4.98 Å². The van der Waals surface area contributed by atoms with Gasteiger partial charge in [-0.05, 0) is 23.3 Å². The van der Waals surface area contributed by atoms with Gasteiger partial charge in [0.15, 0.2) is 0 Å². The zero-order chi connectivity index (χ0) is 18.1. The van der Waals surface area contributed by atoms with E-state index in [0.717, 1.165) is 22.2 Å². The number of rotatable bonds is 4. The van der Waals surface area contributed by atoms with Crippen LogP contribution in [0.25, 0.3) is 11.0 Å². The fourth-order valence-electron chi connectivity index (χ4n) is 3.54. The minimum atomic E-state index is -1.18. The van der Waals surface area contributed by atoms with Crippen molar-refractivity contribution < 1.29 is 5.11 Å². The summed E-state index contributed by atoms with van der Waals surface area (Å²) in [5, 5.41) is 11.3. The molecule has 0 aliphatic heterocycles. The van der Waals surface area contributed by atoms with E-state index in [1.807, 2.05) is 96.5 Å². The fraction of sp³-hybridized carbons (Fsp3) is 0.136. The molecule has 130 valence electrons. The number of hydrogen-bond acceptors (Lipinski definition) is 3. The number of hydrogen-bond donors (Lipinski definition) is 2. The third-order valence-corrected chi connectivity index (χ3v) is 4.96. The van der Waals surface area contributed by atoms with Crippen LogP contribution in [0.1, 0.15) is 23.1 Å². The molecule has 4 aromatic rings. The van der Waals surface area contributed by atoms with Gasteiger partial charge in [-0.15, -0.1) is 0 Å². The SMILES string of the molecule is Cn1c(C(N)(c2ccccc2)C(O)c2ccccc2)nc2ccccc21. The molecule has 0 bridgehead atoms. The fourth-order valence-corrected chi connectivity index (χ4v) is 3.54. The predicted molar refractivity (Wildman–Crippen MR) is 104 cm³/mol. The molecular weight excluding hydrogens is 322 g/mol. The van der Waals surface area contributed by atoms with Crippen molar-refractivity contribution in [1.29, 1.82) is 0 Å². The number of aliphatic hydroxyl groups excluding tert-OH is 1. The summed E-state index contributed by atoms with van der Waals surface area (Å²) in [7, 11) is 1.94. The van der Waals surface area contributed by atoms with Crippen LogP contribution in [0.15, 0.2) is 84.9 Å². The molecule has 2 unspecified atom stereocenters. The largest absolute Gasteiger partial charge is 0.386 e. The third kappa shape index (κ3) is 2.51. The second kappa shape index (κ2) is 6.41. The highest BCUT2D eigenvalue weighted by Gasteiger charge is 2.42. The first-order valence-corrected chi connectivity index (χ1v) is 8.61. The highest BCUT2D eigenvalue weighted by Crippen LogP contribution is 2.39. The summed E-state index contributed by atoms with van der Waals surface area (Å²) in [5.41, 5.74) is 9.17. The summed E-state index contributed by atoms with van der Waals surface area (Å²) in [6.07, 6.45) is -0.943. The summed E-state index contributed by atoms with van der Waals surface area (Å²) in [5.74, 6) is 0.626. The second-order valence-electron chi connectivity index (χ2n) is 6.53. The Hall–Kier alpha value is -2.95. The Bertz CT molecular complexity index is 1030. The number of imidazole rings is 1. The summed E-state index contributed by atoms with van der Waals surface area (Å²) in [6.45, 7) is 0. The Morgan fingerprint density at radius 3 is 2.12 bits per heavy atom. The average Bonchev–Trinajstić information content (AvgIpc) is 3.05. The minimum absolute atomic E-state index is 0.626. The van der Waals surface area contributed by atoms with Crippen LogP contribution >= 0.6 is 0 Å². The maximum Gasteiger partial charge on any atom is 0.137 e. The summed E-state index contributed by atoms with van der Waals surface area (Å²) in [4.78, 5) is 4.79. The van der Waals surface area contributed by atoms with Crippen LogP contribution in [0.3, 0.4) is 0 Å². The lowest BCUT2D eigenvalue weighted by Crippen LogP contribution is -2.46. The Morgan fingerprint density at radius 2 is 1.46 bits per heavy atom. The quantitative estimate of drug-likeness (QED) is 0.596. The summed E-state index contributed by atoms with van der Waals surface area (Å²) in [6, 6.07) is 27.1. The van der Waals surface area contributed by atoms with Crippen molar-refractivity contribution in [3.63, 3.8) is 0 Å². The highest BCUT2D eigenvalue weighted by atomic mass is 16.3. The normalized spacial score (nSPS) is 14.9. The van der Waals surface area contributed by atoms with E-state index in [9.17, 15) is 5.11 Å². The van der Waals surface area contributed by atoms with Gasteiger partial charge in [-0.2, -0.15) is 0 Å². The van der Waals surface area contributed by atoms with Crippen molar-refractivity contribution >= 4 is 11.0 Å². The van der Waals surface area contributed by atoms with Crippen molar-refractivity contribution in [2.24, 2.45) is 12.8 Å². The topological polar surface area (TPSA) is 64.1 Å². The highest BCUT2D eigenvalue weighted by molar-refractivity contribution is 5.76. The van der Waals surface area contributed by atoms with E-state index in [-0.39, 0.29) is 0 Å². The molecular formula is C22H21N3O. The zero-order valence-corrected chi connectivity index (χ0v) is 14.6. The molecule has 0 saturated heterocycles. The van der Waals surface area contributed by atoms with Gasteiger partial charge in [0.2, 0.25) is 0 Å². The molecule has 0 radical (unpaired) electrons. The van der Waals surface area contributed by atoms with E-state index < -0.39 is 11.6 Å². The van der Waals surface area contributed by atoms with Crippen molar-refractivity contribution in [2.75, 3.05) is 0 Å². The molecule has 1 aromatic heterocycles. The second-order valence-corrected chi connectivity index (χ2v) is 6.53. The molecule has 3 N–H and O–H groups in total. The van der Waals surface area contributed by atoms with E-state index >= 15 is 0 Å². The standard InChI is InChI=1S/C22H21N3O/c1-25-19-15-9-8-14-18(19)24-21(25)22(23,17-12-6-3-7-13-17)20(26)16-10-4-2-5-11-16/h2-15,20,26H,23H2,1H3. The number of benzene rings is 3. The van der Waals surface area contributed by atoms with E-state index in [2.05, 4.69) is 0 Å². The number of aliphatic hydroxyl groups is 1. The summed E-state index contributed by atoms with van der Waals surface area (Å²) >= 11 is 0. The van der Waals surface area contributed by atoms with Crippen LogP contribution in [-0.2, 0) is 12.6 Å². The first kappa shape index (κ1) is 16.5. The van der Waals surface area contributed by atoms with Crippen molar-refractivity contribution in [3.05, 3.63) is 102 Å². The molecule has 4 heteroatoms. The molecule has 0 aliphatic carbocycles. The first-order chi connectivity index (χ1) is 12.6. The lowest BCUT2D eigenvalue weighted by Gasteiger charge is -2.34. The molecule has 0 spiro atoms. The lowest BCUT2D eigenvalue weighted by atomic mass is 9.81. The number of aromatic nitrogens is 2. The molecule has 0 fully saturated rings. The van der Waals surface area contributed by atoms with Crippen LogP contribution in [0.2, 0.25) is 0 Å². The molecule has 1 heterocycles. The van der Waals surface area contributed by atoms with Gasteiger partial charge >= 0.3 is 0 Å². The van der Waals surface area contributed by atoms with E-state index in [1.54, 1.807) is 0 Å². The van der Waals surface area contributed by atoms with Gasteiger partial charge < -0.3 is 15.4 Å². The molecule has 0 saturated carbocycles. The van der Waals surface area contributed by atoms with Gasteiger partial charge in [-0.1, -0.05) is 72.8 Å². The Kier molecular flexibility index (Phi) is 4.07. The number of fused-ring (bicyclic) bond motifs is 1. The first-order valence-electron chi connectivity index (χ1n) is 8.61. The van der Waals surface area contributed by atoms with Gasteiger partial charge in [0, 0.05) is 7.05 Å². The molecule has 4 rings (SSSR count). The van der Waals surface area contributed by atoms with Gasteiger partial charge in [0.25, 0.3) is 0 Å². The van der Waals surface area contributed by atoms with Gasteiger partial charge in [0.1, 0.15) is 17.5 Å². The zero-order valence-electron chi connectivity index (χ0n) is 14.6. The molecule has 0 amide bonds. The average molecular weight is 343 g/mol. The number of aryl methyl sites for hydroxylation is 1. The Morgan fingerprint density at radius 1 is 0.885 bits per heavy atom. The van der Waals surface area contributed by atoms with Crippen molar-refractivity contribution in [3.8, 4) is 0 Å². The van der Waals surface area contributed by atoms with E-state index in [1.165, 1.54) is 0 Å². The van der Waals surface area contributed by atoms with Crippen LogP contribution in [0.5, 0.6) is 0 Å². The Labute approximate surface area is 152 Å². The van der Waals surface area contributed by atoms with E-state index in [0.29, 0.717) is 5.82 Å². The van der Waals surface area contributed by atoms with Crippen LogP contribution in [0, 0.1) is 0 Å². The molecule has 2 atom stereocenters. The summed E-state index contributed by atoms with van der Waals surface area (Å²) < 4.78 is 1.97. The molecule has 3 aromatic carbocycles. The predicted octanol–water partition coefficient (Wildman–Crippen LogP) is 3.51. The van der Waals surface area contributed by atoms with Crippen LogP contribution < -0.4 is 5.73 Å². The van der Waals surface area contributed by atoms with Gasteiger partial charge in [-0.3, -0.25) is 0 Å². The molecule has 4 nitrogen and oxygen atoms in total. The number of para-hydroxylation sites is 2. The monoisotopic (exact) mass is 343 g/mol. The third-order valence-electron chi connectivity index (χ3n) is 4.96. The lowest BCUT2D eigenvalue weighted by molar-refractivity contribution is 0.0989. The van der Waals surface area contributed by atoms with Crippen LogP contribution in [0.4, 0.5) is 0 Å².